The third kappa shape index (κ3) is 9.71. The van der Waals surface area contributed by atoms with Crippen molar-refractivity contribution < 1.29 is 0 Å². The lowest BCUT2D eigenvalue weighted by molar-refractivity contribution is 0.660. The summed E-state index contributed by atoms with van der Waals surface area (Å²) in [6.07, 6.45) is 0. The molecule has 83 heavy (non-hydrogen) atoms. The molecule has 0 saturated carbocycles. The van der Waals surface area contributed by atoms with Crippen molar-refractivity contribution in [3.63, 3.8) is 0 Å². The van der Waals surface area contributed by atoms with E-state index in [4.69, 9.17) is 0 Å². The molecule has 0 radical (unpaired) electrons. The van der Waals surface area contributed by atoms with Crippen LogP contribution in [0.3, 0.4) is 0 Å². The first-order valence-corrected chi connectivity index (χ1v) is 28.7. The van der Waals surface area contributed by atoms with E-state index in [1.165, 1.54) is 77.9 Å². The summed E-state index contributed by atoms with van der Waals surface area (Å²) in [5.74, 6) is 0. The summed E-state index contributed by atoms with van der Waals surface area (Å²) in [6.45, 7) is 4.72. The number of nitrogens with zero attached hydrogens (tertiary/aromatic N) is 2. The molecule has 1 aliphatic rings. The molecule has 0 aromatic heterocycles. The van der Waals surface area contributed by atoms with Gasteiger partial charge in [0.2, 0.25) is 0 Å². The van der Waals surface area contributed by atoms with Crippen molar-refractivity contribution in [3.05, 3.63) is 339 Å². The van der Waals surface area contributed by atoms with E-state index in [2.05, 4.69) is 351 Å². The number of para-hydroxylation sites is 1. The van der Waals surface area contributed by atoms with Crippen LogP contribution in [0.4, 0.5) is 34.1 Å². The lowest BCUT2D eigenvalue weighted by Crippen LogP contribution is -2.16. The molecule has 13 aromatic carbocycles. The molecule has 0 unspecified atom stereocenters. The van der Waals surface area contributed by atoms with Crippen molar-refractivity contribution in [2.75, 3.05) is 9.80 Å². The molecule has 14 rings (SSSR count). The smallest absolute Gasteiger partial charge is 0.0465 e. The SMILES string of the molecule is CC1(C)c2ccccc2-c2ccc(N(c3ccc(-c4ccccc4-c4ccccc4)cc3)c3ccc(-c4cc(-c5ccccc5)c(-c5ccc(N(c6ccccc6)c6ccc(-c7ccccc7)cc6)cc5)cc4-c4ccccc4)cc3)cc21. The molecule has 0 N–H and O–H groups in total. The number of rotatable bonds is 13. The number of hydrogen-bond donors (Lipinski definition) is 0. The van der Waals surface area contributed by atoms with Crippen molar-refractivity contribution in [2.45, 2.75) is 19.3 Å². The van der Waals surface area contributed by atoms with Gasteiger partial charge in [-0.2, -0.15) is 0 Å². The summed E-state index contributed by atoms with van der Waals surface area (Å²) in [6, 6.07) is 120. The summed E-state index contributed by atoms with van der Waals surface area (Å²) in [7, 11) is 0. The molecule has 0 saturated heterocycles. The van der Waals surface area contributed by atoms with Crippen molar-refractivity contribution in [3.8, 4) is 89.0 Å². The van der Waals surface area contributed by atoms with E-state index >= 15 is 0 Å². The van der Waals surface area contributed by atoms with Crippen LogP contribution in [0.5, 0.6) is 0 Å². The second-order valence-electron chi connectivity index (χ2n) is 22.0. The topological polar surface area (TPSA) is 6.48 Å². The first kappa shape index (κ1) is 50.7. The van der Waals surface area contributed by atoms with Gasteiger partial charge in [-0.3, -0.25) is 0 Å². The molecular formula is C81H60N2. The van der Waals surface area contributed by atoms with Gasteiger partial charge in [-0.1, -0.05) is 257 Å². The first-order chi connectivity index (χ1) is 40.9. The average molecular weight is 1060 g/mol. The number of hydrogen-bond acceptors (Lipinski definition) is 2. The highest BCUT2D eigenvalue weighted by atomic mass is 15.1. The highest BCUT2D eigenvalue weighted by Gasteiger charge is 2.36. The Kier molecular flexibility index (Phi) is 13.3. The van der Waals surface area contributed by atoms with E-state index in [9.17, 15) is 0 Å². The summed E-state index contributed by atoms with van der Waals surface area (Å²) >= 11 is 0. The van der Waals surface area contributed by atoms with Crippen LogP contribution in [0.25, 0.3) is 89.0 Å². The molecule has 0 heterocycles. The van der Waals surface area contributed by atoms with Gasteiger partial charge in [-0.15, -0.1) is 0 Å². The highest BCUT2D eigenvalue weighted by molar-refractivity contribution is 5.97. The summed E-state index contributed by atoms with van der Waals surface area (Å²) in [4.78, 5) is 4.76. The van der Waals surface area contributed by atoms with Crippen LogP contribution < -0.4 is 9.80 Å². The zero-order chi connectivity index (χ0) is 55.7. The van der Waals surface area contributed by atoms with Crippen LogP contribution in [0, 0.1) is 0 Å². The second-order valence-corrected chi connectivity index (χ2v) is 22.0. The van der Waals surface area contributed by atoms with Crippen molar-refractivity contribution in [1.82, 2.24) is 0 Å². The van der Waals surface area contributed by atoms with E-state index in [0.29, 0.717) is 0 Å². The number of benzene rings is 13. The molecule has 0 atom stereocenters. The lowest BCUT2D eigenvalue weighted by atomic mass is 9.82. The lowest BCUT2D eigenvalue weighted by Gasteiger charge is -2.28. The minimum absolute atomic E-state index is 0.153. The Bertz CT molecular complexity index is 4380. The molecule has 0 aliphatic heterocycles. The normalized spacial score (nSPS) is 12.1. The minimum atomic E-state index is -0.153. The predicted molar refractivity (Wildman–Crippen MR) is 351 cm³/mol. The van der Waals surface area contributed by atoms with E-state index in [-0.39, 0.29) is 5.41 Å². The molecule has 0 spiro atoms. The van der Waals surface area contributed by atoms with Gasteiger partial charge in [0.05, 0.1) is 0 Å². The Morgan fingerprint density at radius 3 is 0.880 bits per heavy atom. The molecule has 0 amide bonds. The summed E-state index contributed by atoms with van der Waals surface area (Å²) in [5.41, 5.74) is 28.2. The maximum atomic E-state index is 2.43. The number of anilines is 6. The van der Waals surface area contributed by atoms with E-state index in [1.54, 1.807) is 0 Å². The van der Waals surface area contributed by atoms with E-state index in [1.807, 2.05) is 0 Å². The Balaban J connectivity index is 0.869. The van der Waals surface area contributed by atoms with Gasteiger partial charge >= 0.3 is 0 Å². The minimum Gasteiger partial charge on any atom is -0.311 e. The number of fused-ring (bicyclic) bond motifs is 3. The maximum absolute atomic E-state index is 2.43. The van der Waals surface area contributed by atoms with Gasteiger partial charge in [-0.05, 0) is 185 Å². The monoisotopic (exact) mass is 1060 g/mol. The second kappa shape index (κ2) is 21.8. The van der Waals surface area contributed by atoms with Crippen molar-refractivity contribution >= 4 is 34.1 Å². The van der Waals surface area contributed by atoms with Gasteiger partial charge in [-0.25, -0.2) is 0 Å². The maximum Gasteiger partial charge on any atom is 0.0465 e. The third-order valence-electron chi connectivity index (χ3n) is 16.7. The van der Waals surface area contributed by atoms with Crippen LogP contribution in [-0.4, -0.2) is 0 Å². The molecule has 0 bridgehead atoms. The Morgan fingerprint density at radius 2 is 0.446 bits per heavy atom. The van der Waals surface area contributed by atoms with Gasteiger partial charge < -0.3 is 9.80 Å². The third-order valence-corrected chi connectivity index (χ3v) is 16.7. The standard InChI is InChI=1S/C81H60N2/c1-81(2)79-35-21-20-34-73(79)74-53-52-70(54-80(74)81)83(68-46-38-62(39-47-68)72-33-19-18-32-71(72)59-24-10-4-11-25-59)69-50-42-64(43-51-69)78-56-75(60-26-12-5-13-27-60)77(55-76(78)61-28-14-6-15-29-61)63-40-48-67(49-41-63)82(65-30-16-7-17-31-65)66-44-36-58(37-45-66)57-22-8-3-9-23-57/h3-56H,1-2H3. The van der Waals surface area contributed by atoms with Crippen molar-refractivity contribution in [1.29, 1.82) is 0 Å². The van der Waals surface area contributed by atoms with Crippen LogP contribution >= 0.6 is 0 Å². The van der Waals surface area contributed by atoms with Crippen LogP contribution in [0.15, 0.2) is 328 Å². The summed E-state index contributed by atoms with van der Waals surface area (Å²) < 4.78 is 0. The van der Waals surface area contributed by atoms with Crippen molar-refractivity contribution in [2.24, 2.45) is 0 Å². The van der Waals surface area contributed by atoms with E-state index in [0.717, 1.165) is 56.4 Å². The Morgan fingerprint density at radius 1 is 0.181 bits per heavy atom. The zero-order valence-electron chi connectivity index (χ0n) is 46.6. The van der Waals surface area contributed by atoms with E-state index < -0.39 is 0 Å². The fraction of sp³-hybridized carbons (Fsp3) is 0.0370. The van der Waals surface area contributed by atoms with Crippen LogP contribution in [0.1, 0.15) is 25.0 Å². The van der Waals surface area contributed by atoms with Gasteiger partial charge in [0.1, 0.15) is 0 Å². The van der Waals surface area contributed by atoms with Crippen LogP contribution in [0.2, 0.25) is 0 Å². The van der Waals surface area contributed by atoms with Gasteiger partial charge in [0, 0.05) is 39.5 Å². The fourth-order valence-electron chi connectivity index (χ4n) is 12.5. The fourth-order valence-corrected chi connectivity index (χ4v) is 12.5. The Labute approximate surface area is 488 Å². The molecule has 13 aromatic rings. The first-order valence-electron chi connectivity index (χ1n) is 28.7. The zero-order valence-corrected chi connectivity index (χ0v) is 46.6. The molecule has 2 nitrogen and oxygen atoms in total. The predicted octanol–water partition coefficient (Wildman–Crippen LogP) is 22.6. The van der Waals surface area contributed by atoms with Crippen LogP contribution in [-0.2, 0) is 5.41 Å². The molecule has 0 fully saturated rings. The molecule has 394 valence electrons. The quantitative estimate of drug-likeness (QED) is 0.114. The summed E-state index contributed by atoms with van der Waals surface area (Å²) in [5, 5.41) is 0. The molecule has 1 aliphatic carbocycles. The molecule has 2 heteroatoms. The largest absolute Gasteiger partial charge is 0.311 e. The highest BCUT2D eigenvalue weighted by Crippen LogP contribution is 2.51. The molecular weight excluding hydrogens is 1000 g/mol. The van der Waals surface area contributed by atoms with Gasteiger partial charge in [0.15, 0.2) is 0 Å². The average Bonchev–Trinajstić information content (AvgIpc) is 2.92. The Hall–Kier alpha value is -10.5. The van der Waals surface area contributed by atoms with Gasteiger partial charge in [0.25, 0.3) is 0 Å².